The van der Waals surface area contributed by atoms with Crippen LogP contribution in [0.15, 0.2) is 71.6 Å². The summed E-state index contributed by atoms with van der Waals surface area (Å²) in [6.07, 6.45) is 0.921. The zero-order chi connectivity index (χ0) is 24.7. The van der Waals surface area contributed by atoms with Gasteiger partial charge in [0.05, 0.1) is 19.1 Å². The zero-order valence-corrected chi connectivity index (χ0v) is 20.6. The molecular formula is C26H30N2O5S. The maximum absolute atomic E-state index is 13.4. The summed E-state index contributed by atoms with van der Waals surface area (Å²) in [5.74, 6) is 0.255. The first kappa shape index (κ1) is 25.3. The summed E-state index contributed by atoms with van der Waals surface area (Å²) in [6.45, 7) is 3.92. The summed E-state index contributed by atoms with van der Waals surface area (Å²) in [5, 5.41) is 2.95. The zero-order valence-electron chi connectivity index (χ0n) is 19.8. The largest absolute Gasteiger partial charge is 0.493 e. The molecular weight excluding hydrogens is 452 g/mol. The number of anilines is 1. The minimum absolute atomic E-state index is 0.0267. The van der Waals surface area contributed by atoms with E-state index in [0.29, 0.717) is 11.4 Å². The molecule has 34 heavy (non-hydrogen) atoms. The minimum atomic E-state index is -4.05. The molecule has 180 valence electrons. The van der Waals surface area contributed by atoms with Crippen molar-refractivity contribution in [2.24, 2.45) is 0 Å². The first-order valence-corrected chi connectivity index (χ1v) is 12.4. The van der Waals surface area contributed by atoms with Gasteiger partial charge in [0.2, 0.25) is 15.9 Å². The molecule has 0 spiro atoms. The Kier molecular flexibility index (Phi) is 8.31. The maximum Gasteiger partial charge on any atom is 0.242 e. The number of nitrogens with one attached hydrogen (secondary N) is 2. The number of methoxy groups -OCH3 is 2. The molecule has 0 radical (unpaired) electrons. The Morgan fingerprint density at radius 1 is 0.941 bits per heavy atom. The van der Waals surface area contributed by atoms with Crippen molar-refractivity contribution in [3.05, 3.63) is 83.4 Å². The fraction of sp³-hybridized carbons (Fsp3) is 0.269. The van der Waals surface area contributed by atoms with Crippen LogP contribution in [-0.2, 0) is 27.7 Å². The van der Waals surface area contributed by atoms with Gasteiger partial charge in [-0.25, -0.2) is 8.42 Å². The van der Waals surface area contributed by atoms with Gasteiger partial charge in [0.25, 0.3) is 0 Å². The maximum atomic E-state index is 13.4. The Labute approximate surface area is 201 Å². The SMILES string of the molecule is CCc1cccc(C)c1NC(=O)C(Cc1ccccc1)NS(=O)(=O)c1ccc(OC)c(OC)c1. The van der Waals surface area contributed by atoms with Crippen molar-refractivity contribution in [3.63, 3.8) is 0 Å². The number of aryl methyl sites for hydroxylation is 2. The van der Waals surface area contributed by atoms with Gasteiger partial charge in [-0.15, -0.1) is 0 Å². The van der Waals surface area contributed by atoms with E-state index in [1.54, 1.807) is 0 Å². The van der Waals surface area contributed by atoms with Crippen molar-refractivity contribution in [2.45, 2.75) is 37.6 Å². The number of hydrogen-bond donors (Lipinski definition) is 2. The van der Waals surface area contributed by atoms with Crippen LogP contribution in [0.25, 0.3) is 0 Å². The van der Waals surface area contributed by atoms with Gasteiger partial charge in [-0.1, -0.05) is 55.5 Å². The van der Waals surface area contributed by atoms with Gasteiger partial charge >= 0.3 is 0 Å². The summed E-state index contributed by atoms with van der Waals surface area (Å²) in [5.41, 5.74) is 3.43. The van der Waals surface area contributed by atoms with Crippen LogP contribution in [0.3, 0.4) is 0 Å². The summed E-state index contributed by atoms with van der Waals surface area (Å²) in [6, 6.07) is 18.3. The number of amides is 1. The Morgan fingerprint density at radius 2 is 1.65 bits per heavy atom. The second kappa shape index (κ2) is 11.2. The number of para-hydroxylation sites is 1. The minimum Gasteiger partial charge on any atom is -0.493 e. The number of carbonyl (C=O) groups excluding carboxylic acids is 1. The molecule has 3 aromatic carbocycles. The van der Waals surface area contributed by atoms with E-state index in [9.17, 15) is 13.2 Å². The first-order chi connectivity index (χ1) is 16.3. The fourth-order valence-electron chi connectivity index (χ4n) is 3.69. The molecule has 0 bridgehead atoms. The molecule has 0 saturated carbocycles. The lowest BCUT2D eigenvalue weighted by atomic mass is 10.0. The van der Waals surface area contributed by atoms with Crippen molar-refractivity contribution < 1.29 is 22.7 Å². The van der Waals surface area contributed by atoms with Crippen LogP contribution in [0, 0.1) is 6.92 Å². The number of sulfonamides is 1. The first-order valence-electron chi connectivity index (χ1n) is 11.0. The third kappa shape index (κ3) is 5.95. The van der Waals surface area contributed by atoms with E-state index in [1.165, 1.54) is 32.4 Å². The quantitative estimate of drug-likeness (QED) is 0.454. The molecule has 1 amide bonds. The normalized spacial score (nSPS) is 12.1. The van der Waals surface area contributed by atoms with Gasteiger partial charge in [-0.05, 0) is 48.6 Å². The molecule has 8 heteroatoms. The molecule has 1 unspecified atom stereocenters. The van der Waals surface area contributed by atoms with Gasteiger partial charge < -0.3 is 14.8 Å². The lowest BCUT2D eigenvalue weighted by Crippen LogP contribution is -2.45. The fourth-order valence-corrected chi connectivity index (χ4v) is 4.90. The third-order valence-electron chi connectivity index (χ3n) is 5.55. The molecule has 3 aromatic rings. The summed E-state index contributed by atoms with van der Waals surface area (Å²) in [7, 11) is -1.14. The number of benzene rings is 3. The number of hydrogen-bond acceptors (Lipinski definition) is 5. The Bertz CT molecular complexity index is 1240. The Morgan fingerprint density at radius 3 is 2.29 bits per heavy atom. The topological polar surface area (TPSA) is 93.7 Å². The molecule has 7 nitrogen and oxygen atoms in total. The second-order valence-corrected chi connectivity index (χ2v) is 9.55. The molecule has 0 heterocycles. The molecule has 0 aliphatic carbocycles. The molecule has 0 saturated heterocycles. The summed E-state index contributed by atoms with van der Waals surface area (Å²) < 4.78 is 39.5. The second-order valence-electron chi connectivity index (χ2n) is 7.83. The van der Waals surface area contributed by atoms with Crippen molar-refractivity contribution >= 4 is 21.6 Å². The molecule has 3 rings (SSSR count). The van der Waals surface area contributed by atoms with Gasteiger partial charge in [-0.3, -0.25) is 4.79 Å². The van der Waals surface area contributed by atoms with E-state index in [0.717, 1.165) is 23.1 Å². The third-order valence-corrected chi connectivity index (χ3v) is 7.02. The van der Waals surface area contributed by atoms with E-state index in [2.05, 4.69) is 10.0 Å². The monoisotopic (exact) mass is 482 g/mol. The number of rotatable bonds is 10. The lowest BCUT2D eigenvalue weighted by Gasteiger charge is -2.21. The van der Waals surface area contributed by atoms with E-state index < -0.39 is 22.0 Å². The Balaban J connectivity index is 1.94. The highest BCUT2D eigenvalue weighted by Gasteiger charge is 2.27. The molecule has 0 aliphatic rings. The number of ether oxygens (including phenoxy) is 2. The average molecular weight is 483 g/mol. The highest BCUT2D eigenvalue weighted by molar-refractivity contribution is 7.89. The van der Waals surface area contributed by atoms with Crippen LogP contribution in [-0.4, -0.2) is 34.6 Å². The predicted molar refractivity (Wildman–Crippen MR) is 133 cm³/mol. The van der Waals surface area contributed by atoms with Crippen LogP contribution in [0.1, 0.15) is 23.6 Å². The predicted octanol–water partition coefficient (Wildman–Crippen LogP) is 4.10. The van der Waals surface area contributed by atoms with Gasteiger partial charge in [0.15, 0.2) is 11.5 Å². The highest BCUT2D eigenvalue weighted by Crippen LogP contribution is 2.29. The van der Waals surface area contributed by atoms with Crippen LogP contribution in [0.4, 0.5) is 5.69 Å². The molecule has 0 aliphatic heterocycles. The Hall–Kier alpha value is -3.36. The summed E-state index contributed by atoms with van der Waals surface area (Å²) in [4.78, 5) is 13.4. The number of carbonyl (C=O) groups is 1. The molecule has 1 atom stereocenters. The molecule has 0 fully saturated rings. The standard InChI is InChI=1S/C26H30N2O5S/c1-5-20-13-9-10-18(2)25(20)27-26(29)22(16-19-11-7-6-8-12-19)28-34(30,31)21-14-15-23(32-3)24(17-21)33-4/h6-15,17,22,28H,5,16H2,1-4H3,(H,27,29). The van der Waals surface area contributed by atoms with Crippen molar-refractivity contribution in [1.29, 1.82) is 0 Å². The van der Waals surface area contributed by atoms with Crippen LogP contribution in [0.2, 0.25) is 0 Å². The van der Waals surface area contributed by atoms with Gasteiger partial charge in [-0.2, -0.15) is 4.72 Å². The summed E-state index contributed by atoms with van der Waals surface area (Å²) >= 11 is 0. The van der Waals surface area contributed by atoms with Crippen LogP contribution < -0.4 is 19.5 Å². The van der Waals surface area contributed by atoms with E-state index >= 15 is 0 Å². The molecule has 0 aromatic heterocycles. The smallest absolute Gasteiger partial charge is 0.242 e. The average Bonchev–Trinajstić information content (AvgIpc) is 2.84. The van der Waals surface area contributed by atoms with Gasteiger partial charge in [0.1, 0.15) is 6.04 Å². The van der Waals surface area contributed by atoms with Crippen molar-refractivity contribution in [3.8, 4) is 11.5 Å². The molecule has 2 N–H and O–H groups in total. The van der Waals surface area contributed by atoms with Crippen molar-refractivity contribution in [1.82, 2.24) is 4.72 Å². The van der Waals surface area contributed by atoms with E-state index in [1.807, 2.05) is 62.4 Å². The van der Waals surface area contributed by atoms with Gasteiger partial charge in [0, 0.05) is 11.8 Å². The highest BCUT2D eigenvalue weighted by atomic mass is 32.2. The van der Waals surface area contributed by atoms with E-state index in [4.69, 9.17) is 9.47 Å². The lowest BCUT2D eigenvalue weighted by molar-refractivity contribution is -0.117. The van der Waals surface area contributed by atoms with Crippen LogP contribution >= 0.6 is 0 Å². The van der Waals surface area contributed by atoms with E-state index in [-0.39, 0.29) is 17.1 Å². The van der Waals surface area contributed by atoms with Crippen LogP contribution in [0.5, 0.6) is 11.5 Å². The van der Waals surface area contributed by atoms with Crippen molar-refractivity contribution in [2.75, 3.05) is 19.5 Å².